The maximum atomic E-state index is 12.8. The van der Waals surface area contributed by atoms with E-state index in [-0.39, 0.29) is 5.92 Å². The Labute approximate surface area is 82.5 Å². The first-order valence-corrected chi connectivity index (χ1v) is 4.42. The summed E-state index contributed by atoms with van der Waals surface area (Å²) in [5, 5.41) is 9.76. The van der Waals surface area contributed by atoms with Crippen LogP contribution in [0.5, 0.6) is 0 Å². The molecule has 1 rings (SSSR count). The molecule has 4 heteroatoms. The van der Waals surface area contributed by atoms with E-state index in [9.17, 15) is 9.50 Å². The number of halogens is 1. The Kier molecular flexibility index (Phi) is 3.98. The van der Waals surface area contributed by atoms with Crippen molar-refractivity contribution < 1.29 is 14.2 Å². The van der Waals surface area contributed by atoms with Crippen LogP contribution in [0.25, 0.3) is 0 Å². The molecule has 0 spiro atoms. The Morgan fingerprint density at radius 2 is 2.29 bits per heavy atom. The molecule has 0 saturated carbocycles. The maximum absolute atomic E-state index is 12.8. The van der Waals surface area contributed by atoms with Gasteiger partial charge in [-0.1, -0.05) is 6.92 Å². The van der Waals surface area contributed by atoms with Gasteiger partial charge in [-0.25, -0.2) is 4.39 Å². The zero-order valence-electron chi connectivity index (χ0n) is 8.27. The van der Waals surface area contributed by atoms with Crippen LogP contribution in [0.1, 0.15) is 18.6 Å². The molecule has 1 aromatic rings. The molecule has 1 N–H and O–H groups in total. The average molecular weight is 199 g/mol. The fourth-order valence-corrected chi connectivity index (χ4v) is 1.27. The highest BCUT2D eigenvalue weighted by atomic mass is 19.1. The normalized spacial score (nSPS) is 15.1. The van der Waals surface area contributed by atoms with Crippen molar-refractivity contribution in [1.29, 1.82) is 0 Å². The van der Waals surface area contributed by atoms with Crippen molar-refractivity contribution in [3.8, 4) is 0 Å². The molecule has 1 heterocycles. The lowest BCUT2D eigenvalue weighted by atomic mass is 10.00. The molecule has 0 saturated heterocycles. The number of rotatable bonds is 4. The van der Waals surface area contributed by atoms with Gasteiger partial charge in [0.05, 0.1) is 18.9 Å². The van der Waals surface area contributed by atoms with E-state index in [0.29, 0.717) is 12.2 Å². The molecule has 0 bridgehead atoms. The Morgan fingerprint density at radius 3 is 2.86 bits per heavy atom. The van der Waals surface area contributed by atoms with Crippen LogP contribution >= 0.6 is 0 Å². The number of ether oxygens (including phenoxy) is 1. The highest BCUT2D eigenvalue weighted by molar-refractivity contribution is 5.13. The first-order valence-electron chi connectivity index (χ1n) is 4.42. The molecule has 0 aliphatic heterocycles. The summed E-state index contributed by atoms with van der Waals surface area (Å²) in [5.41, 5.74) is 0.481. The molecular formula is C10H14FNO2. The number of aliphatic hydroxyl groups is 1. The van der Waals surface area contributed by atoms with E-state index in [1.807, 2.05) is 6.92 Å². The van der Waals surface area contributed by atoms with E-state index in [4.69, 9.17) is 4.74 Å². The minimum Gasteiger partial charge on any atom is -0.388 e. The monoisotopic (exact) mass is 199 g/mol. The SMILES string of the molecule is COCC(C)C(O)c1cncc(F)c1. The average Bonchev–Trinajstić information content (AvgIpc) is 2.17. The Balaban J connectivity index is 2.73. The number of hydrogen-bond acceptors (Lipinski definition) is 3. The molecule has 0 aromatic carbocycles. The van der Waals surface area contributed by atoms with Crippen LogP contribution in [-0.2, 0) is 4.74 Å². The molecule has 78 valence electrons. The smallest absolute Gasteiger partial charge is 0.141 e. The standard InChI is InChI=1S/C10H14FNO2/c1-7(6-14-2)10(13)8-3-9(11)5-12-4-8/h3-5,7,10,13H,6H2,1-2H3. The third kappa shape index (κ3) is 2.75. The lowest BCUT2D eigenvalue weighted by molar-refractivity contribution is 0.0562. The van der Waals surface area contributed by atoms with Crippen LogP contribution in [0.4, 0.5) is 4.39 Å². The number of hydrogen-bond donors (Lipinski definition) is 1. The van der Waals surface area contributed by atoms with Crippen LogP contribution in [0.3, 0.4) is 0 Å². The summed E-state index contributed by atoms with van der Waals surface area (Å²) in [4.78, 5) is 3.67. The van der Waals surface area contributed by atoms with Crippen molar-refractivity contribution in [2.45, 2.75) is 13.0 Å². The molecule has 0 aliphatic rings. The molecular weight excluding hydrogens is 185 g/mol. The lowest BCUT2D eigenvalue weighted by Gasteiger charge is -2.17. The molecule has 2 unspecified atom stereocenters. The predicted molar refractivity (Wildman–Crippen MR) is 50.2 cm³/mol. The van der Waals surface area contributed by atoms with Gasteiger partial charge < -0.3 is 9.84 Å². The summed E-state index contributed by atoms with van der Waals surface area (Å²) in [6, 6.07) is 1.28. The van der Waals surface area contributed by atoms with Crippen molar-refractivity contribution in [2.24, 2.45) is 5.92 Å². The van der Waals surface area contributed by atoms with E-state index >= 15 is 0 Å². The highest BCUT2D eigenvalue weighted by Crippen LogP contribution is 2.21. The zero-order valence-corrected chi connectivity index (χ0v) is 8.27. The first-order chi connectivity index (χ1) is 6.65. The van der Waals surface area contributed by atoms with E-state index < -0.39 is 11.9 Å². The number of nitrogens with zero attached hydrogens (tertiary/aromatic N) is 1. The number of aliphatic hydroxyl groups excluding tert-OH is 1. The summed E-state index contributed by atoms with van der Waals surface area (Å²) >= 11 is 0. The highest BCUT2D eigenvalue weighted by Gasteiger charge is 2.16. The van der Waals surface area contributed by atoms with Crippen molar-refractivity contribution in [1.82, 2.24) is 4.98 Å². The molecule has 0 fully saturated rings. The van der Waals surface area contributed by atoms with Crippen LogP contribution in [0, 0.1) is 11.7 Å². The maximum Gasteiger partial charge on any atom is 0.141 e. The van der Waals surface area contributed by atoms with Crippen LogP contribution in [0.15, 0.2) is 18.5 Å². The van der Waals surface area contributed by atoms with Crippen molar-refractivity contribution in [2.75, 3.05) is 13.7 Å². The molecule has 2 atom stereocenters. The van der Waals surface area contributed by atoms with E-state index in [1.54, 1.807) is 7.11 Å². The summed E-state index contributed by atoms with van der Waals surface area (Å²) in [7, 11) is 1.56. The fourth-order valence-electron chi connectivity index (χ4n) is 1.27. The third-order valence-corrected chi connectivity index (χ3v) is 2.04. The van der Waals surface area contributed by atoms with E-state index in [2.05, 4.69) is 4.98 Å². The second kappa shape index (κ2) is 5.02. The molecule has 0 radical (unpaired) electrons. The van der Waals surface area contributed by atoms with Gasteiger partial charge in [0.1, 0.15) is 5.82 Å². The van der Waals surface area contributed by atoms with E-state index in [0.717, 1.165) is 6.20 Å². The Morgan fingerprint density at radius 1 is 1.57 bits per heavy atom. The van der Waals surface area contributed by atoms with Gasteiger partial charge in [-0.15, -0.1) is 0 Å². The molecule has 3 nitrogen and oxygen atoms in total. The van der Waals surface area contributed by atoms with Crippen molar-refractivity contribution in [3.63, 3.8) is 0 Å². The Hall–Kier alpha value is -1.00. The quantitative estimate of drug-likeness (QED) is 0.799. The fraction of sp³-hybridized carbons (Fsp3) is 0.500. The van der Waals surface area contributed by atoms with Gasteiger partial charge in [-0.05, 0) is 6.07 Å². The minimum absolute atomic E-state index is 0.0800. The second-order valence-corrected chi connectivity index (χ2v) is 3.31. The third-order valence-electron chi connectivity index (χ3n) is 2.04. The number of methoxy groups -OCH3 is 1. The van der Waals surface area contributed by atoms with Gasteiger partial charge in [0.25, 0.3) is 0 Å². The first kappa shape index (κ1) is 11.1. The molecule has 1 aromatic heterocycles. The van der Waals surface area contributed by atoms with Gasteiger partial charge in [-0.3, -0.25) is 4.98 Å². The zero-order chi connectivity index (χ0) is 10.6. The summed E-state index contributed by atoms with van der Waals surface area (Å²) in [5.74, 6) is -0.519. The van der Waals surface area contributed by atoms with Crippen LogP contribution in [-0.4, -0.2) is 23.8 Å². The van der Waals surface area contributed by atoms with Crippen molar-refractivity contribution in [3.05, 3.63) is 29.8 Å². The van der Waals surface area contributed by atoms with Crippen molar-refractivity contribution >= 4 is 0 Å². The summed E-state index contributed by atoms with van der Waals surface area (Å²) in [6.45, 7) is 2.26. The number of pyridine rings is 1. The van der Waals surface area contributed by atoms with Gasteiger partial charge in [-0.2, -0.15) is 0 Å². The van der Waals surface area contributed by atoms with Crippen LogP contribution < -0.4 is 0 Å². The van der Waals surface area contributed by atoms with Gasteiger partial charge in [0.2, 0.25) is 0 Å². The molecule has 0 aliphatic carbocycles. The summed E-state index contributed by atoms with van der Waals surface area (Å²) in [6.07, 6.45) is 1.83. The molecule has 0 amide bonds. The largest absolute Gasteiger partial charge is 0.388 e. The summed E-state index contributed by atoms with van der Waals surface area (Å²) < 4.78 is 17.7. The lowest BCUT2D eigenvalue weighted by Crippen LogP contribution is -2.14. The minimum atomic E-state index is -0.738. The van der Waals surface area contributed by atoms with E-state index in [1.165, 1.54) is 12.3 Å². The topological polar surface area (TPSA) is 42.4 Å². The second-order valence-electron chi connectivity index (χ2n) is 3.31. The molecule has 14 heavy (non-hydrogen) atoms. The predicted octanol–water partition coefficient (Wildman–Crippen LogP) is 1.54. The van der Waals surface area contributed by atoms with Crippen LogP contribution in [0.2, 0.25) is 0 Å². The van der Waals surface area contributed by atoms with Gasteiger partial charge in [0, 0.05) is 24.8 Å². The number of aromatic nitrogens is 1. The Bertz CT molecular complexity index is 293. The van der Waals surface area contributed by atoms with Gasteiger partial charge in [0.15, 0.2) is 0 Å². The van der Waals surface area contributed by atoms with Gasteiger partial charge >= 0.3 is 0 Å².